The zero-order chi connectivity index (χ0) is 15.3. The largest absolute Gasteiger partial charge is 0.264 e. The van der Waals surface area contributed by atoms with Gasteiger partial charge in [-0.05, 0) is 41.8 Å². The molecule has 0 saturated carbocycles. The highest BCUT2D eigenvalue weighted by Gasteiger charge is 2.12. The number of aryl methyl sites for hydroxylation is 1. The molecule has 0 aliphatic heterocycles. The highest BCUT2D eigenvalue weighted by molar-refractivity contribution is 7.88. The fourth-order valence-corrected chi connectivity index (χ4v) is 2.92. The summed E-state index contributed by atoms with van der Waals surface area (Å²) in [6.45, 7) is 2.13. The first kappa shape index (κ1) is 15.2. The summed E-state index contributed by atoms with van der Waals surface area (Å²) in [4.78, 5) is 3.98. The lowest BCUT2D eigenvalue weighted by Gasteiger charge is -2.08. The Labute approximate surface area is 124 Å². The number of hydrogen-bond acceptors (Lipinski definition) is 4. The van der Waals surface area contributed by atoms with Gasteiger partial charge in [0.2, 0.25) is 10.0 Å². The number of hydrogen-bond donors (Lipinski definition) is 1. The minimum atomic E-state index is -3.43. The number of pyridine rings is 1. The normalized spacial score (nSPS) is 11.0. The Balaban J connectivity index is 2.02. The average molecular weight is 301 g/mol. The minimum absolute atomic E-state index is 0.113. The Kier molecular flexibility index (Phi) is 4.68. The van der Waals surface area contributed by atoms with Crippen LogP contribution in [0.3, 0.4) is 0 Å². The van der Waals surface area contributed by atoms with Crippen LogP contribution in [-0.4, -0.2) is 13.4 Å². The first-order chi connectivity index (χ1) is 10.00. The van der Waals surface area contributed by atoms with E-state index in [4.69, 9.17) is 5.26 Å². The molecule has 0 aliphatic rings. The lowest BCUT2D eigenvalue weighted by atomic mass is 10.2. The fourth-order valence-electron chi connectivity index (χ4n) is 1.82. The molecule has 0 amide bonds. The lowest BCUT2D eigenvalue weighted by molar-refractivity contribution is 0.580. The molecule has 0 radical (unpaired) electrons. The van der Waals surface area contributed by atoms with Gasteiger partial charge in [-0.2, -0.15) is 5.26 Å². The summed E-state index contributed by atoms with van der Waals surface area (Å²) in [5, 5.41) is 8.71. The van der Waals surface area contributed by atoms with Crippen LogP contribution in [-0.2, 0) is 22.3 Å². The predicted octanol–water partition coefficient (Wildman–Crippen LogP) is 1.88. The van der Waals surface area contributed by atoms with Gasteiger partial charge in [0.1, 0.15) is 0 Å². The highest BCUT2D eigenvalue weighted by Crippen LogP contribution is 2.09. The second-order valence-electron chi connectivity index (χ2n) is 4.69. The minimum Gasteiger partial charge on any atom is -0.264 e. The van der Waals surface area contributed by atoms with E-state index in [0.29, 0.717) is 11.1 Å². The Hall–Kier alpha value is -2.23. The zero-order valence-electron chi connectivity index (χ0n) is 11.6. The molecule has 108 valence electrons. The van der Waals surface area contributed by atoms with Crippen molar-refractivity contribution in [2.45, 2.75) is 19.2 Å². The van der Waals surface area contributed by atoms with Crippen LogP contribution in [0.1, 0.15) is 22.3 Å². The molecule has 5 nitrogen and oxygen atoms in total. The third-order valence-corrected chi connectivity index (χ3v) is 4.37. The molecule has 1 aromatic heterocycles. The molecule has 21 heavy (non-hydrogen) atoms. The van der Waals surface area contributed by atoms with Crippen molar-refractivity contribution in [2.24, 2.45) is 0 Å². The molecule has 2 rings (SSSR count). The van der Waals surface area contributed by atoms with Crippen LogP contribution in [0.5, 0.6) is 0 Å². The topological polar surface area (TPSA) is 82.8 Å². The molecule has 1 heterocycles. The molecule has 0 atom stereocenters. The van der Waals surface area contributed by atoms with Crippen molar-refractivity contribution in [3.63, 3.8) is 0 Å². The summed E-state index contributed by atoms with van der Waals surface area (Å²) in [5.74, 6) is -0.113. The maximum Gasteiger partial charge on any atom is 0.216 e. The van der Waals surface area contributed by atoms with E-state index in [1.165, 1.54) is 0 Å². The zero-order valence-corrected chi connectivity index (χ0v) is 12.4. The number of nitrogens with zero attached hydrogens (tertiary/aromatic N) is 2. The first-order valence-electron chi connectivity index (χ1n) is 6.36. The molecular weight excluding hydrogens is 286 g/mol. The van der Waals surface area contributed by atoms with Gasteiger partial charge in [-0.25, -0.2) is 13.1 Å². The highest BCUT2D eigenvalue weighted by atomic mass is 32.2. The van der Waals surface area contributed by atoms with Crippen molar-refractivity contribution >= 4 is 10.0 Å². The van der Waals surface area contributed by atoms with E-state index in [1.54, 1.807) is 36.7 Å². The van der Waals surface area contributed by atoms with Crippen LogP contribution in [0.2, 0.25) is 0 Å². The van der Waals surface area contributed by atoms with Gasteiger partial charge in [-0.3, -0.25) is 4.98 Å². The first-order valence-corrected chi connectivity index (χ1v) is 8.01. The maximum atomic E-state index is 12.0. The molecule has 6 heteroatoms. The van der Waals surface area contributed by atoms with E-state index in [9.17, 15) is 8.42 Å². The summed E-state index contributed by atoms with van der Waals surface area (Å²) in [7, 11) is -3.43. The summed E-state index contributed by atoms with van der Waals surface area (Å²) < 4.78 is 26.6. The van der Waals surface area contributed by atoms with Gasteiger partial charge >= 0.3 is 0 Å². The van der Waals surface area contributed by atoms with E-state index in [1.807, 2.05) is 19.1 Å². The van der Waals surface area contributed by atoms with E-state index < -0.39 is 10.0 Å². The van der Waals surface area contributed by atoms with Gasteiger partial charge in [0, 0.05) is 18.9 Å². The Morgan fingerprint density at radius 2 is 1.95 bits per heavy atom. The SMILES string of the molecule is Cc1ccncc1CNS(=O)(=O)Cc1ccc(C#N)cc1. The molecule has 0 saturated heterocycles. The van der Waals surface area contributed by atoms with Gasteiger partial charge in [-0.1, -0.05) is 12.1 Å². The average Bonchev–Trinajstić information content (AvgIpc) is 2.47. The van der Waals surface area contributed by atoms with Gasteiger partial charge in [0.25, 0.3) is 0 Å². The standard InChI is InChI=1S/C15H15N3O2S/c1-12-6-7-17-9-15(12)10-18-21(19,20)11-14-4-2-13(8-16)3-5-14/h2-7,9,18H,10-11H2,1H3. The summed E-state index contributed by atoms with van der Waals surface area (Å²) >= 11 is 0. The maximum absolute atomic E-state index is 12.0. The van der Waals surface area contributed by atoms with Crippen molar-refractivity contribution in [2.75, 3.05) is 0 Å². The smallest absolute Gasteiger partial charge is 0.216 e. The summed E-state index contributed by atoms with van der Waals surface area (Å²) in [5.41, 5.74) is 2.99. The molecule has 2 aromatic rings. The number of benzene rings is 1. The van der Waals surface area contributed by atoms with E-state index >= 15 is 0 Å². The number of aromatic nitrogens is 1. The van der Waals surface area contributed by atoms with Crippen LogP contribution in [0.4, 0.5) is 0 Å². The number of sulfonamides is 1. The quantitative estimate of drug-likeness (QED) is 0.914. The van der Waals surface area contributed by atoms with Gasteiger partial charge in [0.05, 0.1) is 17.4 Å². The van der Waals surface area contributed by atoms with Crippen molar-refractivity contribution in [1.29, 1.82) is 5.26 Å². The van der Waals surface area contributed by atoms with Crippen LogP contribution in [0.15, 0.2) is 42.7 Å². The fraction of sp³-hybridized carbons (Fsp3) is 0.200. The lowest BCUT2D eigenvalue weighted by Crippen LogP contribution is -2.25. The third kappa shape index (κ3) is 4.38. The molecule has 0 spiro atoms. The van der Waals surface area contributed by atoms with Crippen LogP contribution in [0, 0.1) is 18.3 Å². The third-order valence-electron chi connectivity index (χ3n) is 3.07. The molecule has 1 aromatic carbocycles. The Morgan fingerprint density at radius 3 is 2.57 bits per heavy atom. The monoisotopic (exact) mass is 301 g/mol. The van der Waals surface area contributed by atoms with Crippen molar-refractivity contribution in [3.05, 3.63) is 65.0 Å². The van der Waals surface area contributed by atoms with Crippen LogP contribution < -0.4 is 4.72 Å². The molecule has 0 bridgehead atoms. The predicted molar refractivity (Wildman–Crippen MR) is 79.6 cm³/mol. The molecule has 1 N–H and O–H groups in total. The Morgan fingerprint density at radius 1 is 1.24 bits per heavy atom. The van der Waals surface area contributed by atoms with Crippen molar-refractivity contribution in [3.8, 4) is 6.07 Å². The van der Waals surface area contributed by atoms with E-state index in [-0.39, 0.29) is 12.3 Å². The van der Waals surface area contributed by atoms with Crippen LogP contribution in [0.25, 0.3) is 0 Å². The van der Waals surface area contributed by atoms with Crippen LogP contribution >= 0.6 is 0 Å². The summed E-state index contributed by atoms with van der Waals surface area (Å²) in [6, 6.07) is 10.3. The second kappa shape index (κ2) is 6.48. The molecule has 0 aliphatic carbocycles. The number of nitriles is 1. The number of nitrogens with one attached hydrogen (secondary N) is 1. The summed E-state index contributed by atoms with van der Waals surface area (Å²) in [6.07, 6.45) is 3.32. The second-order valence-corrected chi connectivity index (χ2v) is 6.50. The molecular formula is C15H15N3O2S. The Bertz CT molecular complexity index is 762. The van der Waals surface area contributed by atoms with Crippen molar-refractivity contribution in [1.82, 2.24) is 9.71 Å². The van der Waals surface area contributed by atoms with E-state index in [0.717, 1.165) is 11.1 Å². The van der Waals surface area contributed by atoms with Gasteiger partial charge < -0.3 is 0 Å². The van der Waals surface area contributed by atoms with Crippen molar-refractivity contribution < 1.29 is 8.42 Å². The molecule has 0 unspecified atom stereocenters. The number of rotatable bonds is 5. The van der Waals surface area contributed by atoms with E-state index in [2.05, 4.69) is 9.71 Å². The van der Waals surface area contributed by atoms with Gasteiger partial charge in [0.15, 0.2) is 0 Å². The van der Waals surface area contributed by atoms with Gasteiger partial charge in [-0.15, -0.1) is 0 Å². The molecule has 0 fully saturated rings.